The number of thiophene rings is 1. The molecular formula is C19H26N2O2S. The van der Waals surface area contributed by atoms with Gasteiger partial charge in [-0.2, -0.15) is 0 Å². The van der Waals surface area contributed by atoms with Gasteiger partial charge in [0.15, 0.2) is 0 Å². The van der Waals surface area contributed by atoms with E-state index in [0.29, 0.717) is 18.4 Å². The summed E-state index contributed by atoms with van der Waals surface area (Å²) in [7, 11) is 0. The van der Waals surface area contributed by atoms with Gasteiger partial charge in [0.05, 0.1) is 6.54 Å². The second kappa shape index (κ2) is 6.51. The molecule has 2 aliphatic carbocycles. The molecule has 130 valence electrons. The van der Waals surface area contributed by atoms with Crippen molar-refractivity contribution in [1.82, 2.24) is 10.2 Å². The highest BCUT2D eigenvalue weighted by Crippen LogP contribution is 2.58. The van der Waals surface area contributed by atoms with Gasteiger partial charge in [-0.05, 0) is 43.0 Å². The van der Waals surface area contributed by atoms with E-state index in [2.05, 4.69) is 5.32 Å². The maximum absolute atomic E-state index is 12.5. The Balaban J connectivity index is 1.25. The molecule has 4 nitrogen and oxygen atoms in total. The second-order valence-corrected chi connectivity index (χ2v) is 8.87. The van der Waals surface area contributed by atoms with Crippen LogP contribution in [0.1, 0.15) is 49.8 Å². The minimum atomic E-state index is 0.0882. The molecule has 3 aliphatic rings. The summed E-state index contributed by atoms with van der Waals surface area (Å²) in [4.78, 5) is 28.1. The molecule has 5 heteroatoms. The molecule has 3 fully saturated rings. The van der Waals surface area contributed by atoms with Crippen LogP contribution in [0.2, 0.25) is 0 Å². The molecule has 0 unspecified atom stereocenters. The zero-order valence-corrected chi connectivity index (χ0v) is 14.9. The molecule has 2 amide bonds. The van der Waals surface area contributed by atoms with E-state index in [1.54, 1.807) is 11.3 Å². The Kier molecular flexibility index (Phi) is 4.37. The number of hydrogen-bond donors (Lipinski definition) is 1. The Morgan fingerprint density at radius 2 is 2.17 bits per heavy atom. The lowest BCUT2D eigenvalue weighted by Gasteiger charge is -2.19. The average molecular weight is 346 g/mol. The van der Waals surface area contributed by atoms with E-state index in [-0.39, 0.29) is 17.2 Å². The number of carbonyl (C=O) groups is 2. The van der Waals surface area contributed by atoms with Gasteiger partial charge in [-0.15, -0.1) is 11.3 Å². The van der Waals surface area contributed by atoms with E-state index in [1.165, 1.54) is 30.6 Å². The molecule has 2 heterocycles. The van der Waals surface area contributed by atoms with Crippen molar-refractivity contribution < 1.29 is 9.59 Å². The summed E-state index contributed by atoms with van der Waals surface area (Å²) in [6.45, 7) is 2.28. The van der Waals surface area contributed by atoms with Crippen molar-refractivity contribution in [2.45, 2.75) is 51.5 Å². The van der Waals surface area contributed by atoms with Crippen molar-refractivity contribution in [2.75, 3.05) is 13.1 Å². The summed E-state index contributed by atoms with van der Waals surface area (Å²) in [5.41, 5.74) is 0.0882. The fourth-order valence-corrected chi connectivity index (χ4v) is 5.22. The van der Waals surface area contributed by atoms with Crippen LogP contribution in [-0.4, -0.2) is 29.8 Å². The fraction of sp³-hybridized carbons (Fsp3) is 0.684. The number of nitrogens with zero attached hydrogens (tertiary/aromatic N) is 1. The highest BCUT2D eigenvalue weighted by molar-refractivity contribution is 7.09. The van der Waals surface area contributed by atoms with Crippen LogP contribution in [0.4, 0.5) is 0 Å². The summed E-state index contributed by atoms with van der Waals surface area (Å²) in [6, 6.07) is 4.06. The van der Waals surface area contributed by atoms with Gasteiger partial charge in [0.2, 0.25) is 11.8 Å². The van der Waals surface area contributed by atoms with Crippen molar-refractivity contribution in [3.05, 3.63) is 22.4 Å². The molecule has 24 heavy (non-hydrogen) atoms. The zero-order chi connectivity index (χ0) is 16.6. The van der Waals surface area contributed by atoms with Crippen LogP contribution < -0.4 is 5.32 Å². The Morgan fingerprint density at radius 1 is 1.33 bits per heavy atom. The molecule has 4 rings (SSSR count). The van der Waals surface area contributed by atoms with E-state index < -0.39 is 0 Å². The first-order valence-corrected chi connectivity index (χ1v) is 10.1. The smallest absolute Gasteiger partial charge is 0.224 e. The van der Waals surface area contributed by atoms with Gasteiger partial charge in [-0.1, -0.05) is 18.9 Å². The number of nitrogens with one attached hydrogen (secondary N) is 1. The van der Waals surface area contributed by atoms with Gasteiger partial charge in [0.25, 0.3) is 0 Å². The van der Waals surface area contributed by atoms with Crippen molar-refractivity contribution in [3.8, 4) is 0 Å². The lowest BCUT2D eigenvalue weighted by molar-refractivity contribution is -0.131. The van der Waals surface area contributed by atoms with E-state index in [1.807, 2.05) is 22.4 Å². The highest BCUT2D eigenvalue weighted by atomic mass is 32.1. The van der Waals surface area contributed by atoms with Crippen molar-refractivity contribution in [1.29, 1.82) is 0 Å². The Bertz CT molecular complexity index is 609. The van der Waals surface area contributed by atoms with E-state index in [9.17, 15) is 9.59 Å². The molecule has 1 saturated heterocycles. The summed E-state index contributed by atoms with van der Waals surface area (Å²) >= 11 is 1.67. The predicted octanol–water partition coefficient (Wildman–Crippen LogP) is 3.18. The Labute approximate surface area is 147 Å². The van der Waals surface area contributed by atoms with Crippen LogP contribution in [0.15, 0.2) is 17.5 Å². The lowest BCUT2D eigenvalue weighted by atomic mass is 10.0. The van der Waals surface area contributed by atoms with E-state index in [0.717, 1.165) is 32.4 Å². The van der Waals surface area contributed by atoms with E-state index in [4.69, 9.17) is 0 Å². The van der Waals surface area contributed by atoms with Gasteiger partial charge >= 0.3 is 0 Å². The number of carbonyl (C=O) groups excluding carboxylic acids is 2. The van der Waals surface area contributed by atoms with Crippen LogP contribution in [-0.2, 0) is 16.1 Å². The molecule has 2 saturated carbocycles. The Hall–Kier alpha value is -1.36. The van der Waals surface area contributed by atoms with Crippen LogP contribution in [0, 0.1) is 17.3 Å². The topological polar surface area (TPSA) is 49.4 Å². The van der Waals surface area contributed by atoms with Gasteiger partial charge in [0, 0.05) is 35.7 Å². The second-order valence-electron chi connectivity index (χ2n) is 7.84. The van der Waals surface area contributed by atoms with Gasteiger partial charge in [-0.25, -0.2) is 0 Å². The SMILES string of the molecule is O=C(NCc1cccs1)[C@H]1C[C@]12CCN(C(=O)CC1CCCC1)C2. The number of likely N-dealkylation sites (tertiary alicyclic amines) is 1. The number of amides is 2. The largest absolute Gasteiger partial charge is 0.351 e. The third-order valence-corrected chi connectivity index (χ3v) is 7.08. The number of hydrogen-bond acceptors (Lipinski definition) is 3. The van der Waals surface area contributed by atoms with Gasteiger partial charge < -0.3 is 10.2 Å². The monoisotopic (exact) mass is 346 g/mol. The minimum Gasteiger partial charge on any atom is -0.351 e. The highest BCUT2D eigenvalue weighted by Gasteiger charge is 2.61. The quantitative estimate of drug-likeness (QED) is 0.890. The molecule has 1 spiro atoms. The minimum absolute atomic E-state index is 0.0882. The first kappa shape index (κ1) is 16.1. The Morgan fingerprint density at radius 3 is 2.92 bits per heavy atom. The molecule has 0 aromatic carbocycles. The molecule has 2 atom stereocenters. The van der Waals surface area contributed by atoms with Crippen LogP contribution in [0.3, 0.4) is 0 Å². The van der Waals surface area contributed by atoms with Gasteiger partial charge in [0.1, 0.15) is 0 Å². The van der Waals surface area contributed by atoms with Crippen LogP contribution >= 0.6 is 11.3 Å². The summed E-state index contributed by atoms with van der Waals surface area (Å²) in [5.74, 6) is 1.22. The van der Waals surface area contributed by atoms with Gasteiger partial charge in [-0.3, -0.25) is 9.59 Å². The molecule has 0 bridgehead atoms. The van der Waals surface area contributed by atoms with Crippen molar-refractivity contribution in [2.24, 2.45) is 17.3 Å². The summed E-state index contributed by atoms with van der Waals surface area (Å²) in [5, 5.41) is 5.10. The molecule has 1 aromatic rings. The van der Waals surface area contributed by atoms with E-state index >= 15 is 0 Å². The molecule has 0 radical (unpaired) electrons. The third-order valence-electron chi connectivity index (χ3n) is 6.20. The number of rotatable bonds is 5. The summed E-state index contributed by atoms with van der Waals surface area (Å²) < 4.78 is 0. The maximum Gasteiger partial charge on any atom is 0.224 e. The maximum atomic E-state index is 12.5. The summed E-state index contributed by atoms with van der Waals surface area (Å²) in [6.07, 6.45) is 7.70. The zero-order valence-electron chi connectivity index (χ0n) is 14.1. The standard InChI is InChI=1S/C19H26N2O2S/c22-17(10-14-4-1-2-5-14)21-8-7-19(13-21)11-16(19)18(23)20-12-15-6-3-9-24-15/h3,6,9,14,16H,1-2,4-5,7-8,10-13H2,(H,20,23)/t16-,19+/m1/s1. The first-order valence-electron chi connectivity index (χ1n) is 9.24. The van der Waals surface area contributed by atoms with Crippen LogP contribution in [0.25, 0.3) is 0 Å². The van der Waals surface area contributed by atoms with Crippen molar-refractivity contribution in [3.63, 3.8) is 0 Å². The molecule has 1 aromatic heterocycles. The van der Waals surface area contributed by atoms with Crippen molar-refractivity contribution >= 4 is 23.2 Å². The third kappa shape index (κ3) is 3.23. The fourth-order valence-electron chi connectivity index (χ4n) is 4.58. The molecular weight excluding hydrogens is 320 g/mol. The first-order chi connectivity index (χ1) is 11.7. The normalized spacial score (nSPS) is 29.3. The predicted molar refractivity (Wildman–Crippen MR) is 94.5 cm³/mol. The van der Waals surface area contributed by atoms with Crippen LogP contribution in [0.5, 0.6) is 0 Å². The molecule has 1 N–H and O–H groups in total. The lowest BCUT2D eigenvalue weighted by Crippen LogP contribution is -2.31. The average Bonchev–Trinajstić information content (AvgIpc) is 3.07. The molecule has 1 aliphatic heterocycles.